The third kappa shape index (κ3) is 3.56. The molecule has 5 heteroatoms. The number of hydrogen-bond acceptors (Lipinski definition) is 4. The Kier molecular flexibility index (Phi) is 5.60. The van der Waals surface area contributed by atoms with Gasteiger partial charge in [-0.05, 0) is 51.7 Å². The van der Waals surface area contributed by atoms with Crippen molar-refractivity contribution in [1.29, 1.82) is 5.26 Å². The van der Waals surface area contributed by atoms with Crippen LogP contribution in [0.1, 0.15) is 46.0 Å². The molecule has 0 aliphatic carbocycles. The Hall–Kier alpha value is -1.12. The van der Waals surface area contributed by atoms with E-state index in [4.69, 9.17) is 0 Å². The van der Waals surface area contributed by atoms with Gasteiger partial charge in [0.25, 0.3) is 0 Å². The first-order chi connectivity index (χ1) is 10.2. The molecule has 0 saturated carbocycles. The Bertz CT molecular complexity index is 406. The standard InChI is InChI=1S/C16H28N4O/c1-3-16(12-17,19-4-2)8-6-10-20-9-5-7-13-14(20)11-18-15(13)21/h13-14,19H,3-11H2,1-2H3,(H,18,21). The maximum atomic E-state index is 11.8. The van der Waals surface area contributed by atoms with E-state index in [-0.39, 0.29) is 17.4 Å². The molecule has 3 atom stereocenters. The van der Waals surface area contributed by atoms with Crippen LogP contribution in [0.3, 0.4) is 0 Å². The third-order valence-electron chi connectivity index (χ3n) is 5.10. The Morgan fingerprint density at radius 3 is 3.00 bits per heavy atom. The summed E-state index contributed by atoms with van der Waals surface area (Å²) in [6, 6.07) is 2.84. The molecule has 0 spiro atoms. The van der Waals surface area contributed by atoms with Gasteiger partial charge in [0.1, 0.15) is 5.54 Å². The summed E-state index contributed by atoms with van der Waals surface area (Å²) in [4.78, 5) is 14.2. The van der Waals surface area contributed by atoms with Crippen molar-refractivity contribution < 1.29 is 4.79 Å². The maximum absolute atomic E-state index is 11.8. The second-order valence-corrected chi connectivity index (χ2v) is 6.28. The molecule has 5 nitrogen and oxygen atoms in total. The highest BCUT2D eigenvalue weighted by Gasteiger charge is 2.40. The van der Waals surface area contributed by atoms with Crippen LogP contribution in [0.25, 0.3) is 0 Å². The fourth-order valence-corrected chi connectivity index (χ4v) is 3.81. The summed E-state index contributed by atoms with van der Waals surface area (Å²) in [6.07, 6.45) is 4.86. The fourth-order valence-electron chi connectivity index (χ4n) is 3.81. The van der Waals surface area contributed by atoms with E-state index in [1.54, 1.807) is 0 Å². The minimum atomic E-state index is -0.381. The van der Waals surface area contributed by atoms with E-state index < -0.39 is 0 Å². The molecule has 0 aromatic rings. The van der Waals surface area contributed by atoms with Crippen LogP contribution in [0.15, 0.2) is 0 Å². The molecule has 0 radical (unpaired) electrons. The van der Waals surface area contributed by atoms with E-state index in [0.29, 0.717) is 6.04 Å². The summed E-state index contributed by atoms with van der Waals surface area (Å²) in [5.41, 5.74) is -0.381. The highest BCUT2D eigenvalue weighted by molar-refractivity contribution is 5.82. The van der Waals surface area contributed by atoms with Crippen molar-refractivity contribution >= 4 is 5.91 Å². The normalized spacial score (nSPS) is 28.5. The smallest absolute Gasteiger partial charge is 0.224 e. The van der Waals surface area contributed by atoms with E-state index in [0.717, 1.165) is 58.3 Å². The number of nitrogens with zero attached hydrogens (tertiary/aromatic N) is 2. The summed E-state index contributed by atoms with van der Waals surface area (Å²) in [5, 5.41) is 15.8. The van der Waals surface area contributed by atoms with Crippen molar-refractivity contribution in [1.82, 2.24) is 15.5 Å². The summed E-state index contributed by atoms with van der Waals surface area (Å²) in [6.45, 7) is 7.82. The highest BCUT2D eigenvalue weighted by Crippen LogP contribution is 2.28. The number of hydrogen-bond donors (Lipinski definition) is 2. The van der Waals surface area contributed by atoms with E-state index in [1.165, 1.54) is 0 Å². The zero-order valence-corrected chi connectivity index (χ0v) is 13.3. The van der Waals surface area contributed by atoms with Gasteiger partial charge in [-0.3, -0.25) is 15.0 Å². The monoisotopic (exact) mass is 292 g/mol. The molecule has 3 unspecified atom stereocenters. The van der Waals surface area contributed by atoms with Gasteiger partial charge in [-0.2, -0.15) is 5.26 Å². The van der Waals surface area contributed by atoms with Crippen LogP contribution in [0.5, 0.6) is 0 Å². The van der Waals surface area contributed by atoms with Gasteiger partial charge in [-0.15, -0.1) is 0 Å². The predicted octanol–water partition coefficient (Wildman–Crippen LogP) is 1.26. The largest absolute Gasteiger partial charge is 0.354 e. The Labute approximate surface area is 128 Å². The first-order valence-electron chi connectivity index (χ1n) is 8.34. The molecule has 2 rings (SSSR count). The molecule has 2 aliphatic rings. The summed E-state index contributed by atoms with van der Waals surface area (Å²) in [7, 11) is 0. The molecule has 21 heavy (non-hydrogen) atoms. The number of rotatable bonds is 7. The van der Waals surface area contributed by atoms with E-state index in [1.807, 2.05) is 6.92 Å². The van der Waals surface area contributed by atoms with Crippen LogP contribution >= 0.6 is 0 Å². The number of carbonyl (C=O) groups excluding carboxylic acids is 1. The Balaban J connectivity index is 1.85. The molecule has 2 aliphatic heterocycles. The van der Waals surface area contributed by atoms with Gasteiger partial charge >= 0.3 is 0 Å². The molecule has 0 bridgehead atoms. The van der Waals surface area contributed by atoms with Crippen LogP contribution in [0.4, 0.5) is 0 Å². The van der Waals surface area contributed by atoms with Crippen LogP contribution < -0.4 is 10.6 Å². The first-order valence-corrected chi connectivity index (χ1v) is 8.34. The number of likely N-dealkylation sites (tertiary alicyclic amines) is 1. The number of nitrogens with one attached hydrogen (secondary N) is 2. The Morgan fingerprint density at radius 1 is 1.52 bits per heavy atom. The molecule has 2 heterocycles. The van der Waals surface area contributed by atoms with Gasteiger partial charge in [0.2, 0.25) is 5.91 Å². The zero-order chi connectivity index (χ0) is 15.3. The SMILES string of the molecule is CCNC(C#N)(CC)CCCN1CCCC2C(=O)NCC21. The van der Waals surface area contributed by atoms with Crippen molar-refractivity contribution in [2.45, 2.75) is 57.5 Å². The molecule has 2 N–H and O–H groups in total. The lowest BCUT2D eigenvalue weighted by molar-refractivity contribution is -0.124. The number of nitriles is 1. The lowest BCUT2D eigenvalue weighted by atomic mass is 9.89. The molecule has 2 saturated heterocycles. The lowest BCUT2D eigenvalue weighted by Crippen LogP contribution is -2.47. The van der Waals surface area contributed by atoms with Crippen molar-refractivity contribution in [2.75, 3.05) is 26.2 Å². The third-order valence-corrected chi connectivity index (χ3v) is 5.10. The number of carbonyl (C=O) groups is 1. The molecule has 0 aromatic carbocycles. The van der Waals surface area contributed by atoms with Gasteiger partial charge in [-0.1, -0.05) is 13.8 Å². The topological polar surface area (TPSA) is 68.2 Å². The average Bonchev–Trinajstić information content (AvgIpc) is 2.89. The minimum absolute atomic E-state index is 0.194. The molecule has 118 valence electrons. The van der Waals surface area contributed by atoms with Gasteiger partial charge in [0.05, 0.1) is 12.0 Å². The second kappa shape index (κ2) is 7.24. The quantitative estimate of drug-likeness (QED) is 0.741. The van der Waals surface area contributed by atoms with Crippen LogP contribution in [0, 0.1) is 17.2 Å². The van der Waals surface area contributed by atoms with Crippen molar-refractivity contribution in [3.8, 4) is 6.07 Å². The lowest BCUT2D eigenvalue weighted by Gasteiger charge is -2.36. The van der Waals surface area contributed by atoms with Crippen molar-refractivity contribution in [3.05, 3.63) is 0 Å². The van der Waals surface area contributed by atoms with Gasteiger partial charge in [-0.25, -0.2) is 0 Å². The summed E-state index contributed by atoms with van der Waals surface area (Å²) in [5.74, 6) is 0.427. The van der Waals surface area contributed by atoms with Crippen LogP contribution in [-0.2, 0) is 4.79 Å². The van der Waals surface area contributed by atoms with Crippen LogP contribution in [-0.4, -0.2) is 48.6 Å². The van der Waals surface area contributed by atoms with Crippen LogP contribution in [0.2, 0.25) is 0 Å². The van der Waals surface area contributed by atoms with E-state index in [2.05, 4.69) is 28.5 Å². The molecular formula is C16H28N4O. The van der Waals surface area contributed by atoms with Gasteiger partial charge in [0.15, 0.2) is 0 Å². The van der Waals surface area contributed by atoms with Crippen molar-refractivity contribution in [3.63, 3.8) is 0 Å². The second-order valence-electron chi connectivity index (χ2n) is 6.28. The summed E-state index contributed by atoms with van der Waals surface area (Å²) < 4.78 is 0. The summed E-state index contributed by atoms with van der Waals surface area (Å²) >= 11 is 0. The fraction of sp³-hybridized carbons (Fsp3) is 0.875. The Morgan fingerprint density at radius 2 is 2.33 bits per heavy atom. The highest BCUT2D eigenvalue weighted by atomic mass is 16.2. The minimum Gasteiger partial charge on any atom is -0.354 e. The number of amides is 1. The zero-order valence-electron chi connectivity index (χ0n) is 13.3. The van der Waals surface area contributed by atoms with Crippen molar-refractivity contribution in [2.24, 2.45) is 5.92 Å². The predicted molar refractivity (Wildman–Crippen MR) is 82.6 cm³/mol. The number of fused-ring (bicyclic) bond motifs is 1. The molecule has 0 aromatic heterocycles. The molecular weight excluding hydrogens is 264 g/mol. The van der Waals surface area contributed by atoms with E-state index in [9.17, 15) is 10.1 Å². The molecule has 2 fully saturated rings. The first kappa shape index (κ1) is 16.3. The van der Waals surface area contributed by atoms with Gasteiger partial charge in [0, 0.05) is 12.6 Å². The number of piperidine rings is 1. The molecule has 1 amide bonds. The van der Waals surface area contributed by atoms with E-state index >= 15 is 0 Å². The maximum Gasteiger partial charge on any atom is 0.224 e. The average molecular weight is 292 g/mol. The van der Waals surface area contributed by atoms with Gasteiger partial charge < -0.3 is 5.32 Å².